The summed E-state index contributed by atoms with van der Waals surface area (Å²) in [5, 5.41) is 10.5. The SMILES string of the molecule is C=Cc1cc(C(=O)Cc2ccc(C(=N)N)cc2)c(-c2ccc(C(=O)NCC3CC3)nc2C(=O)OC2C[C@@H](CC)[C@H](N)C(=O)O2)cc1OC. The minimum atomic E-state index is -1.21. The first-order valence-electron chi connectivity index (χ1n) is 15.8. The third-order valence-electron chi connectivity index (χ3n) is 8.67. The Kier molecular flexibility index (Phi) is 10.3. The van der Waals surface area contributed by atoms with Gasteiger partial charge in [-0.15, -0.1) is 0 Å². The van der Waals surface area contributed by atoms with Gasteiger partial charge in [0.2, 0.25) is 6.29 Å². The summed E-state index contributed by atoms with van der Waals surface area (Å²) >= 11 is 0. The van der Waals surface area contributed by atoms with Crippen LogP contribution in [0.15, 0.2) is 55.1 Å². The molecular formula is C36H39N5O7. The summed E-state index contributed by atoms with van der Waals surface area (Å²) in [4.78, 5) is 57.8. The van der Waals surface area contributed by atoms with E-state index in [9.17, 15) is 19.2 Å². The molecule has 2 fully saturated rings. The molecule has 0 spiro atoms. The molecule has 2 heterocycles. The summed E-state index contributed by atoms with van der Waals surface area (Å²) in [6.07, 6.45) is 3.16. The average molecular weight is 654 g/mol. The number of carbonyl (C=O) groups is 4. The number of hydrogen-bond acceptors (Lipinski definition) is 10. The number of aromatic nitrogens is 1. The number of pyridine rings is 1. The van der Waals surface area contributed by atoms with Crippen molar-refractivity contribution in [1.82, 2.24) is 10.3 Å². The minimum absolute atomic E-state index is 0.0142. The molecule has 12 nitrogen and oxygen atoms in total. The maximum atomic E-state index is 13.9. The smallest absolute Gasteiger partial charge is 0.360 e. The Morgan fingerprint density at radius 1 is 1.12 bits per heavy atom. The Morgan fingerprint density at radius 2 is 1.85 bits per heavy atom. The van der Waals surface area contributed by atoms with Crippen LogP contribution in [0, 0.1) is 17.2 Å². The van der Waals surface area contributed by atoms with E-state index >= 15 is 0 Å². The molecule has 250 valence electrons. The second kappa shape index (κ2) is 14.6. The molecule has 6 N–H and O–H groups in total. The number of nitrogens with two attached hydrogens (primary N) is 2. The van der Waals surface area contributed by atoms with Crippen LogP contribution in [-0.4, -0.2) is 60.4 Å². The van der Waals surface area contributed by atoms with Crippen LogP contribution in [0.1, 0.15) is 80.6 Å². The van der Waals surface area contributed by atoms with E-state index in [0.717, 1.165) is 12.8 Å². The lowest BCUT2D eigenvalue weighted by Gasteiger charge is -2.31. The number of nitrogens with one attached hydrogen (secondary N) is 2. The standard InChI is InChI=1S/C36H39N5O7/c1-4-21-15-26(28(42)14-19-8-10-23(11-9-19)33(38)39)25(17-29(21)46-3)24-12-13-27(34(43)40-18-20-6-7-20)41-32(24)36(45)48-30-16-22(5-2)31(37)35(44)47-30/h4,8-13,15,17,20,22,30-31H,1,5-7,14,16,18,37H2,2-3H3,(H3,38,39)(H,40,43)/t22-,30?,31+/m1/s1. The van der Waals surface area contributed by atoms with Crippen LogP contribution < -0.4 is 21.5 Å². The van der Waals surface area contributed by atoms with Gasteiger partial charge in [0, 0.05) is 41.6 Å². The van der Waals surface area contributed by atoms with Crippen LogP contribution in [-0.2, 0) is 20.7 Å². The zero-order chi connectivity index (χ0) is 34.5. The molecule has 2 aliphatic rings. The van der Waals surface area contributed by atoms with E-state index in [2.05, 4.69) is 16.9 Å². The molecule has 3 atom stereocenters. The van der Waals surface area contributed by atoms with E-state index in [-0.39, 0.29) is 52.9 Å². The van der Waals surface area contributed by atoms with Gasteiger partial charge in [0.1, 0.15) is 23.3 Å². The number of cyclic esters (lactones) is 1. The number of methoxy groups -OCH3 is 1. The van der Waals surface area contributed by atoms with E-state index in [4.69, 9.17) is 31.1 Å². The lowest BCUT2D eigenvalue weighted by atomic mass is 9.90. The third kappa shape index (κ3) is 7.60. The molecule has 12 heteroatoms. The summed E-state index contributed by atoms with van der Waals surface area (Å²) in [7, 11) is 1.47. The van der Waals surface area contributed by atoms with Crippen molar-refractivity contribution in [2.45, 2.75) is 51.4 Å². The number of ether oxygens (including phenoxy) is 3. The highest BCUT2D eigenvalue weighted by Gasteiger charge is 2.38. The lowest BCUT2D eigenvalue weighted by Crippen LogP contribution is -2.48. The number of hydrogen-bond donors (Lipinski definition) is 4. The first-order valence-corrected chi connectivity index (χ1v) is 15.8. The van der Waals surface area contributed by atoms with E-state index in [1.807, 2.05) is 6.92 Å². The van der Waals surface area contributed by atoms with Crippen molar-refractivity contribution in [2.75, 3.05) is 13.7 Å². The van der Waals surface area contributed by atoms with Crippen molar-refractivity contribution in [3.05, 3.63) is 88.8 Å². The van der Waals surface area contributed by atoms with Crippen molar-refractivity contribution in [3.63, 3.8) is 0 Å². The number of rotatable bonds is 13. The van der Waals surface area contributed by atoms with Crippen molar-refractivity contribution in [3.8, 4) is 16.9 Å². The monoisotopic (exact) mass is 653 g/mol. The van der Waals surface area contributed by atoms with Gasteiger partial charge in [-0.25, -0.2) is 9.78 Å². The van der Waals surface area contributed by atoms with Gasteiger partial charge in [-0.05, 0) is 60.1 Å². The molecular weight excluding hydrogens is 614 g/mol. The fraction of sp³-hybridized carbons (Fsp3) is 0.333. The summed E-state index contributed by atoms with van der Waals surface area (Å²) < 4.78 is 16.6. The summed E-state index contributed by atoms with van der Waals surface area (Å²) in [5.74, 6) is -1.94. The topological polar surface area (TPSA) is 197 Å². The van der Waals surface area contributed by atoms with Crippen LogP contribution in [0.2, 0.25) is 0 Å². The summed E-state index contributed by atoms with van der Waals surface area (Å²) in [6.45, 7) is 6.22. The molecule has 1 amide bonds. The number of nitrogen functional groups attached to an aromatic ring is 1. The van der Waals surface area contributed by atoms with Gasteiger partial charge in [0.25, 0.3) is 5.91 Å². The van der Waals surface area contributed by atoms with E-state index < -0.39 is 30.2 Å². The van der Waals surface area contributed by atoms with Crippen molar-refractivity contribution >= 4 is 35.5 Å². The molecule has 1 aliphatic carbocycles. The normalized spacial score (nSPS) is 18.7. The summed E-state index contributed by atoms with van der Waals surface area (Å²) in [6, 6.07) is 12.2. The van der Waals surface area contributed by atoms with Crippen LogP contribution in [0.4, 0.5) is 0 Å². The number of carbonyl (C=O) groups excluding carboxylic acids is 4. The number of ketones is 1. The van der Waals surface area contributed by atoms with Gasteiger partial charge < -0.3 is 31.0 Å². The van der Waals surface area contributed by atoms with Gasteiger partial charge >= 0.3 is 11.9 Å². The number of esters is 2. The van der Waals surface area contributed by atoms with Gasteiger partial charge in [0.05, 0.1) is 7.11 Å². The zero-order valence-electron chi connectivity index (χ0n) is 26.9. The molecule has 2 aromatic carbocycles. The highest BCUT2D eigenvalue weighted by Crippen LogP contribution is 2.35. The molecule has 5 rings (SSSR count). The molecule has 1 aliphatic heterocycles. The largest absolute Gasteiger partial charge is 0.496 e. The molecule has 1 saturated heterocycles. The number of Topliss-reactive ketones (excluding diaryl/α,β-unsaturated/α-hetero) is 1. The number of amides is 1. The Labute approximate surface area is 278 Å². The van der Waals surface area contributed by atoms with Crippen molar-refractivity contribution in [2.24, 2.45) is 23.3 Å². The number of benzene rings is 2. The Morgan fingerprint density at radius 3 is 2.48 bits per heavy atom. The van der Waals surface area contributed by atoms with Gasteiger partial charge in [-0.2, -0.15) is 0 Å². The maximum absolute atomic E-state index is 13.9. The first-order chi connectivity index (χ1) is 23.0. The van der Waals surface area contributed by atoms with Crippen LogP contribution >= 0.6 is 0 Å². The molecule has 1 aromatic heterocycles. The quantitative estimate of drug-likeness (QED) is 0.0904. The van der Waals surface area contributed by atoms with E-state index in [1.165, 1.54) is 19.2 Å². The second-order valence-corrected chi connectivity index (χ2v) is 12.0. The maximum Gasteiger partial charge on any atom is 0.360 e. The molecule has 0 radical (unpaired) electrons. The van der Waals surface area contributed by atoms with Crippen LogP contribution in [0.25, 0.3) is 17.2 Å². The fourth-order valence-electron chi connectivity index (χ4n) is 5.59. The van der Waals surface area contributed by atoms with Crippen LogP contribution in [0.3, 0.4) is 0 Å². The third-order valence-corrected chi connectivity index (χ3v) is 8.67. The highest BCUT2D eigenvalue weighted by molar-refractivity contribution is 6.07. The Balaban J connectivity index is 1.57. The minimum Gasteiger partial charge on any atom is -0.496 e. The molecule has 1 saturated carbocycles. The van der Waals surface area contributed by atoms with E-state index in [0.29, 0.717) is 46.9 Å². The Bertz CT molecular complexity index is 1770. The van der Waals surface area contributed by atoms with E-state index in [1.54, 1.807) is 42.5 Å². The average Bonchev–Trinajstić information content (AvgIpc) is 3.92. The zero-order valence-corrected chi connectivity index (χ0v) is 26.9. The summed E-state index contributed by atoms with van der Waals surface area (Å²) in [5.41, 5.74) is 13.8. The predicted molar refractivity (Wildman–Crippen MR) is 179 cm³/mol. The number of nitrogens with zero attached hydrogens (tertiary/aromatic N) is 1. The fourth-order valence-corrected chi connectivity index (χ4v) is 5.59. The molecule has 3 aromatic rings. The predicted octanol–water partition coefficient (Wildman–Crippen LogP) is 4.03. The molecule has 1 unspecified atom stereocenters. The second-order valence-electron chi connectivity index (χ2n) is 12.0. The van der Waals surface area contributed by atoms with Gasteiger partial charge in [-0.3, -0.25) is 19.8 Å². The van der Waals surface area contributed by atoms with Gasteiger partial charge in [-0.1, -0.05) is 50.3 Å². The highest BCUT2D eigenvalue weighted by atomic mass is 16.7. The number of amidine groups is 1. The molecule has 0 bridgehead atoms. The molecule has 48 heavy (non-hydrogen) atoms. The lowest BCUT2D eigenvalue weighted by molar-refractivity contribution is -0.185. The first kappa shape index (κ1) is 34.0. The Hall–Kier alpha value is -5.36. The van der Waals surface area contributed by atoms with Crippen molar-refractivity contribution in [1.29, 1.82) is 5.41 Å². The van der Waals surface area contributed by atoms with Crippen molar-refractivity contribution < 1.29 is 33.4 Å². The van der Waals surface area contributed by atoms with Crippen LogP contribution in [0.5, 0.6) is 5.75 Å². The van der Waals surface area contributed by atoms with Gasteiger partial charge in [0.15, 0.2) is 11.5 Å².